The van der Waals surface area contributed by atoms with Gasteiger partial charge in [-0.1, -0.05) is 35.9 Å². The van der Waals surface area contributed by atoms with E-state index < -0.39 is 5.82 Å². The molecule has 6 nitrogen and oxygen atoms in total. The van der Waals surface area contributed by atoms with Gasteiger partial charge in [0.05, 0.1) is 10.6 Å². The molecule has 2 aromatic carbocycles. The van der Waals surface area contributed by atoms with Crippen LogP contribution in [0.2, 0.25) is 5.02 Å². The molecule has 0 spiro atoms. The molecule has 0 saturated carbocycles. The number of rotatable bonds is 7. The van der Waals surface area contributed by atoms with Crippen LogP contribution in [0.1, 0.15) is 39.5 Å². The van der Waals surface area contributed by atoms with Crippen LogP contribution in [-0.2, 0) is 24.3 Å². The van der Waals surface area contributed by atoms with E-state index in [1.807, 2.05) is 24.3 Å². The number of halogens is 2. The van der Waals surface area contributed by atoms with Gasteiger partial charge in [0.15, 0.2) is 0 Å². The summed E-state index contributed by atoms with van der Waals surface area (Å²) in [7, 11) is 0. The van der Waals surface area contributed by atoms with Crippen molar-refractivity contribution in [3.8, 4) is 0 Å². The molecule has 0 bridgehead atoms. The first-order valence-corrected chi connectivity index (χ1v) is 10.8. The molecule has 8 heteroatoms. The maximum atomic E-state index is 14.4. The van der Waals surface area contributed by atoms with E-state index >= 15 is 0 Å². The average Bonchev–Trinajstić information content (AvgIpc) is 3.16. The second-order valence-electron chi connectivity index (χ2n) is 7.79. The monoisotopic (exact) mass is 464 g/mol. The smallest absolute Gasteiger partial charge is 0.253 e. The van der Waals surface area contributed by atoms with Crippen LogP contribution in [0.5, 0.6) is 0 Å². The van der Waals surface area contributed by atoms with Gasteiger partial charge in [0.1, 0.15) is 5.82 Å². The van der Waals surface area contributed by atoms with E-state index in [0.717, 1.165) is 16.7 Å². The van der Waals surface area contributed by atoms with Gasteiger partial charge in [-0.05, 0) is 41.3 Å². The van der Waals surface area contributed by atoms with Gasteiger partial charge in [0.25, 0.3) is 5.91 Å². The lowest BCUT2D eigenvalue weighted by atomic mass is 10.0. The predicted octanol–water partition coefficient (Wildman–Crippen LogP) is 4.51. The third kappa shape index (κ3) is 5.56. The summed E-state index contributed by atoms with van der Waals surface area (Å²) in [6, 6.07) is 12.6. The van der Waals surface area contributed by atoms with Crippen molar-refractivity contribution in [2.24, 2.45) is 0 Å². The summed E-state index contributed by atoms with van der Waals surface area (Å²) in [6.45, 7) is 2.00. The zero-order valence-electron chi connectivity index (χ0n) is 17.9. The highest BCUT2D eigenvalue weighted by atomic mass is 35.5. The number of aromatic amines is 1. The number of fused-ring (bicyclic) bond motifs is 1. The van der Waals surface area contributed by atoms with Gasteiger partial charge in [-0.15, -0.1) is 0 Å². The lowest BCUT2D eigenvalue weighted by Gasteiger charge is -2.09. The van der Waals surface area contributed by atoms with Crippen LogP contribution in [0.3, 0.4) is 0 Å². The van der Waals surface area contributed by atoms with Crippen molar-refractivity contribution in [2.75, 3.05) is 0 Å². The second-order valence-corrected chi connectivity index (χ2v) is 8.20. The molecule has 0 aliphatic carbocycles. The molecular formula is C25H22ClFN4O2. The van der Waals surface area contributed by atoms with Crippen molar-refractivity contribution < 1.29 is 14.0 Å². The van der Waals surface area contributed by atoms with Gasteiger partial charge in [-0.25, -0.2) is 4.39 Å². The molecule has 33 heavy (non-hydrogen) atoms. The number of hydrogen-bond acceptors (Lipinski definition) is 3. The average molecular weight is 465 g/mol. The normalized spacial score (nSPS) is 10.9. The molecule has 0 aliphatic rings. The first-order chi connectivity index (χ1) is 15.9. The van der Waals surface area contributed by atoms with E-state index in [4.69, 9.17) is 11.6 Å². The highest BCUT2D eigenvalue weighted by Crippen LogP contribution is 2.25. The molecule has 4 aromatic rings. The fraction of sp³-hybridized carbons (Fsp3) is 0.160. The summed E-state index contributed by atoms with van der Waals surface area (Å²) < 4.78 is 14.4. The molecule has 2 aromatic heterocycles. The Morgan fingerprint density at radius 1 is 1.00 bits per heavy atom. The van der Waals surface area contributed by atoms with Crippen molar-refractivity contribution in [1.29, 1.82) is 0 Å². The van der Waals surface area contributed by atoms with Gasteiger partial charge in [-0.2, -0.15) is 0 Å². The third-order valence-electron chi connectivity index (χ3n) is 5.27. The summed E-state index contributed by atoms with van der Waals surface area (Å²) >= 11 is 6.11. The number of amides is 2. The summed E-state index contributed by atoms with van der Waals surface area (Å²) in [5, 5.41) is 6.71. The zero-order chi connectivity index (χ0) is 23.4. The van der Waals surface area contributed by atoms with Crippen LogP contribution >= 0.6 is 11.6 Å². The highest BCUT2D eigenvalue weighted by molar-refractivity contribution is 6.35. The molecule has 0 aliphatic heterocycles. The van der Waals surface area contributed by atoms with Gasteiger partial charge < -0.3 is 15.6 Å². The Hall–Kier alpha value is -3.71. The van der Waals surface area contributed by atoms with Gasteiger partial charge in [0.2, 0.25) is 5.91 Å². The minimum Gasteiger partial charge on any atom is -0.360 e. The Morgan fingerprint density at radius 2 is 1.76 bits per heavy atom. The molecule has 2 heterocycles. The Morgan fingerprint density at radius 3 is 2.52 bits per heavy atom. The summed E-state index contributed by atoms with van der Waals surface area (Å²) in [5.41, 5.74) is 4.29. The molecule has 4 rings (SSSR count). The van der Waals surface area contributed by atoms with Crippen molar-refractivity contribution in [1.82, 2.24) is 20.6 Å². The number of carbonyl (C=O) groups is 2. The van der Waals surface area contributed by atoms with E-state index in [1.54, 1.807) is 24.5 Å². The number of benzene rings is 2. The maximum absolute atomic E-state index is 14.4. The van der Waals surface area contributed by atoms with Crippen LogP contribution in [0, 0.1) is 5.82 Å². The number of hydrogen-bond donors (Lipinski definition) is 3. The Balaban J connectivity index is 1.40. The van der Waals surface area contributed by atoms with E-state index in [1.165, 1.54) is 19.2 Å². The first-order valence-electron chi connectivity index (χ1n) is 10.4. The van der Waals surface area contributed by atoms with Crippen LogP contribution in [-0.4, -0.2) is 21.8 Å². The molecule has 2 amide bonds. The summed E-state index contributed by atoms with van der Waals surface area (Å²) in [6.07, 6.45) is 5.40. The van der Waals surface area contributed by atoms with Crippen LogP contribution in [0.15, 0.2) is 61.1 Å². The first kappa shape index (κ1) is 22.5. The molecule has 0 radical (unpaired) electrons. The molecule has 0 unspecified atom stereocenters. The van der Waals surface area contributed by atoms with Gasteiger partial charge >= 0.3 is 0 Å². The van der Waals surface area contributed by atoms with Crippen LogP contribution in [0.4, 0.5) is 4.39 Å². The molecule has 0 saturated heterocycles. The Labute approximate surface area is 195 Å². The van der Waals surface area contributed by atoms with E-state index in [0.29, 0.717) is 40.0 Å². The zero-order valence-corrected chi connectivity index (χ0v) is 18.7. The maximum Gasteiger partial charge on any atom is 0.253 e. The fourth-order valence-corrected chi connectivity index (χ4v) is 3.72. The van der Waals surface area contributed by atoms with E-state index in [2.05, 4.69) is 20.6 Å². The number of carbonyl (C=O) groups excluding carboxylic acids is 2. The quantitative estimate of drug-likeness (QED) is 0.376. The van der Waals surface area contributed by atoms with Crippen molar-refractivity contribution in [2.45, 2.75) is 26.4 Å². The number of nitrogens with one attached hydrogen (secondary N) is 3. The van der Waals surface area contributed by atoms with E-state index in [9.17, 15) is 14.0 Å². The minimum atomic E-state index is -0.421. The van der Waals surface area contributed by atoms with Crippen molar-refractivity contribution >= 4 is 34.3 Å². The van der Waals surface area contributed by atoms with Gasteiger partial charge in [-0.3, -0.25) is 14.6 Å². The van der Waals surface area contributed by atoms with Crippen molar-refractivity contribution in [3.05, 3.63) is 99.7 Å². The third-order valence-corrected chi connectivity index (χ3v) is 5.58. The standard InChI is InChI=1S/C25H22ClFN4O2/c1-15(32)29-11-17-4-2-16(3-5-17)6-18-7-20(12-28-10-18)25(33)31-13-19-8-21-22(26)14-30-24(21)9-23(19)27/h2-5,7-10,12,14,30H,6,11,13H2,1H3,(H,29,32)(H,31,33). The predicted molar refractivity (Wildman–Crippen MR) is 125 cm³/mol. The molecule has 0 atom stereocenters. The molecule has 168 valence electrons. The summed E-state index contributed by atoms with van der Waals surface area (Å²) in [4.78, 5) is 30.8. The van der Waals surface area contributed by atoms with Crippen LogP contribution in [0.25, 0.3) is 10.9 Å². The fourth-order valence-electron chi connectivity index (χ4n) is 3.51. The van der Waals surface area contributed by atoms with Crippen molar-refractivity contribution in [3.63, 3.8) is 0 Å². The Kier molecular flexibility index (Phi) is 6.70. The summed E-state index contributed by atoms with van der Waals surface area (Å²) in [5.74, 6) is -0.832. The lowest BCUT2D eigenvalue weighted by molar-refractivity contribution is -0.119. The number of nitrogens with zero attached hydrogens (tertiary/aromatic N) is 1. The number of pyridine rings is 1. The van der Waals surface area contributed by atoms with Crippen LogP contribution < -0.4 is 10.6 Å². The second kappa shape index (κ2) is 9.83. The lowest BCUT2D eigenvalue weighted by Crippen LogP contribution is -2.23. The topological polar surface area (TPSA) is 86.9 Å². The molecule has 0 fully saturated rings. The van der Waals surface area contributed by atoms with E-state index in [-0.39, 0.29) is 18.4 Å². The largest absolute Gasteiger partial charge is 0.360 e. The molecule has 3 N–H and O–H groups in total. The highest BCUT2D eigenvalue weighted by Gasteiger charge is 2.12. The SMILES string of the molecule is CC(=O)NCc1ccc(Cc2cncc(C(=O)NCc3cc4c(Cl)c[nH]c4cc3F)c2)cc1. The Bertz CT molecular complexity index is 1320. The molecular weight excluding hydrogens is 443 g/mol. The van der Waals surface area contributed by atoms with Gasteiger partial charge in [0, 0.05) is 55.1 Å². The number of aromatic nitrogens is 2. The number of H-pyrrole nitrogens is 1. The minimum absolute atomic E-state index is 0.0299.